The minimum atomic E-state index is -3.83. The number of hydrogen-bond acceptors (Lipinski definition) is 5. The molecule has 1 atom stereocenters. The SMILES string of the molecule is CCC(C(=O)NC(C)C)N(Cc1cccc(OC)c1)C(=O)CN(c1cccc2ccccc12)S(C)(=O)=O. The Bertz CT molecular complexity index is 1350. The molecule has 0 saturated heterocycles. The Balaban J connectivity index is 2.03. The lowest BCUT2D eigenvalue weighted by atomic mass is 10.1. The van der Waals surface area contributed by atoms with E-state index in [0.29, 0.717) is 23.2 Å². The van der Waals surface area contributed by atoms with Gasteiger partial charge >= 0.3 is 0 Å². The molecule has 0 bridgehead atoms. The van der Waals surface area contributed by atoms with Gasteiger partial charge in [0.2, 0.25) is 21.8 Å². The number of ether oxygens (including phenoxy) is 1. The Hall–Kier alpha value is -3.59. The molecule has 0 aliphatic carbocycles. The van der Waals surface area contributed by atoms with E-state index in [9.17, 15) is 18.0 Å². The van der Waals surface area contributed by atoms with Crippen molar-refractivity contribution in [2.75, 3.05) is 24.2 Å². The first kappa shape index (κ1) is 28.0. The number of anilines is 1. The van der Waals surface area contributed by atoms with Gasteiger partial charge in [0.15, 0.2) is 0 Å². The average Bonchev–Trinajstić information content (AvgIpc) is 2.85. The summed E-state index contributed by atoms with van der Waals surface area (Å²) < 4.78 is 32.3. The van der Waals surface area contributed by atoms with E-state index in [-0.39, 0.29) is 18.5 Å². The lowest BCUT2D eigenvalue weighted by molar-refractivity contribution is -0.140. The summed E-state index contributed by atoms with van der Waals surface area (Å²) in [6.45, 7) is 5.21. The third-order valence-corrected chi connectivity index (χ3v) is 7.14. The van der Waals surface area contributed by atoms with Crippen molar-refractivity contribution in [1.82, 2.24) is 10.2 Å². The van der Waals surface area contributed by atoms with E-state index in [4.69, 9.17) is 4.74 Å². The Morgan fingerprint density at radius 1 is 1.00 bits per heavy atom. The molecule has 8 nitrogen and oxygen atoms in total. The van der Waals surface area contributed by atoms with E-state index in [2.05, 4.69) is 5.32 Å². The highest BCUT2D eigenvalue weighted by molar-refractivity contribution is 7.92. The van der Waals surface area contributed by atoms with Crippen LogP contribution >= 0.6 is 0 Å². The molecule has 1 unspecified atom stereocenters. The molecule has 9 heteroatoms. The molecule has 37 heavy (non-hydrogen) atoms. The number of amides is 2. The highest BCUT2D eigenvalue weighted by atomic mass is 32.2. The van der Waals surface area contributed by atoms with Gasteiger partial charge < -0.3 is 15.0 Å². The smallest absolute Gasteiger partial charge is 0.244 e. The van der Waals surface area contributed by atoms with E-state index < -0.39 is 28.5 Å². The van der Waals surface area contributed by atoms with Gasteiger partial charge in [-0.05, 0) is 49.4 Å². The quantitative estimate of drug-likeness (QED) is 0.409. The zero-order chi connectivity index (χ0) is 27.2. The lowest BCUT2D eigenvalue weighted by Gasteiger charge is -2.33. The second-order valence-electron chi connectivity index (χ2n) is 9.23. The van der Waals surface area contributed by atoms with Crippen molar-refractivity contribution < 1.29 is 22.7 Å². The number of benzene rings is 3. The molecule has 2 amide bonds. The molecular weight excluding hydrogens is 490 g/mol. The monoisotopic (exact) mass is 525 g/mol. The molecule has 3 aromatic carbocycles. The van der Waals surface area contributed by atoms with Gasteiger partial charge in [0.25, 0.3) is 0 Å². The minimum Gasteiger partial charge on any atom is -0.497 e. The first-order valence-corrected chi connectivity index (χ1v) is 14.1. The van der Waals surface area contributed by atoms with Crippen molar-refractivity contribution in [2.24, 2.45) is 0 Å². The van der Waals surface area contributed by atoms with Gasteiger partial charge in [0.05, 0.1) is 19.1 Å². The van der Waals surface area contributed by atoms with Crippen LogP contribution in [0, 0.1) is 0 Å². The van der Waals surface area contributed by atoms with Crippen molar-refractivity contribution in [3.63, 3.8) is 0 Å². The predicted molar refractivity (Wildman–Crippen MR) is 147 cm³/mol. The zero-order valence-corrected chi connectivity index (χ0v) is 22.8. The summed E-state index contributed by atoms with van der Waals surface area (Å²) in [7, 11) is -2.27. The van der Waals surface area contributed by atoms with Crippen LogP contribution in [0.4, 0.5) is 5.69 Å². The summed E-state index contributed by atoms with van der Waals surface area (Å²) in [6, 6.07) is 19.1. The van der Waals surface area contributed by atoms with Gasteiger partial charge in [-0.25, -0.2) is 8.42 Å². The predicted octanol–water partition coefficient (Wildman–Crippen LogP) is 3.95. The third kappa shape index (κ3) is 7.01. The number of methoxy groups -OCH3 is 1. The molecule has 0 aliphatic rings. The third-order valence-electron chi connectivity index (χ3n) is 6.02. The summed E-state index contributed by atoms with van der Waals surface area (Å²) >= 11 is 0. The number of sulfonamides is 1. The number of hydrogen-bond donors (Lipinski definition) is 1. The Kier molecular flexibility index (Phi) is 9.15. The van der Waals surface area contributed by atoms with Crippen molar-refractivity contribution in [3.8, 4) is 5.75 Å². The molecule has 1 N–H and O–H groups in total. The molecule has 3 rings (SSSR count). The van der Waals surface area contributed by atoms with Crippen molar-refractivity contribution in [1.29, 1.82) is 0 Å². The summed E-state index contributed by atoms with van der Waals surface area (Å²) in [4.78, 5) is 28.4. The zero-order valence-electron chi connectivity index (χ0n) is 22.0. The Morgan fingerprint density at radius 2 is 1.68 bits per heavy atom. The van der Waals surface area contributed by atoms with Crippen LogP contribution < -0.4 is 14.4 Å². The number of carbonyl (C=O) groups excluding carboxylic acids is 2. The molecule has 0 radical (unpaired) electrons. The van der Waals surface area contributed by atoms with Crippen LogP contribution in [0.15, 0.2) is 66.7 Å². The fourth-order valence-electron chi connectivity index (χ4n) is 4.29. The van der Waals surface area contributed by atoms with Gasteiger partial charge in [-0.15, -0.1) is 0 Å². The average molecular weight is 526 g/mol. The van der Waals surface area contributed by atoms with E-state index in [0.717, 1.165) is 21.5 Å². The number of carbonyl (C=O) groups is 2. The fraction of sp³-hybridized carbons (Fsp3) is 0.357. The summed E-state index contributed by atoms with van der Waals surface area (Å²) in [5, 5.41) is 4.46. The van der Waals surface area contributed by atoms with Crippen LogP contribution in [-0.2, 0) is 26.2 Å². The van der Waals surface area contributed by atoms with Gasteiger partial charge in [-0.2, -0.15) is 0 Å². The molecule has 3 aromatic rings. The largest absolute Gasteiger partial charge is 0.497 e. The fourth-order valence-corrected chi connectivity index (χ4v) is 5.15. The highest BCUT2D eigenvalue weighted by Crippen LogP contribution is 2.29. The van der Waals surface area contributed by atoms with Crippen molar-refractivity contribution in [2.45, 2.75) is 45.8 Å². The minimum absolute atomic E-state index is 0.112. The standard InChI is InChI=1S/C28H35N3O5S/c1-6-25(28(33)29-20(2)3)30(18-21-11-9-14-23(17-21)36-4)27(32)19-31(37(5,34)35)26-16-10-13-22-12-7-8-15-24(22)26/h7-17,20,25H,6,18-19H2,1-5H3,(H,29,33). The van der Waals surface area contributed by atoms with Crippen molar-refractivity contribution >= 4 is 38.3 Å². The normalized spacial score (nSPS) is 12.3. The molecule has 0 aliphatic heterocycles. The van der Waals surface area contributed by atoms with Crippen LogP contribution in [0.25, 0.3) is 10.8 Å². The maximum absolute atomic E-state index is 13.9. The van der Waals surface area contributed by atoms with Crippen LogP contribution in [0.1, 0.15) is 32.8 Å². The molecular formula is C28H35N3O5S. The Morgan fingerprint density at radius 3 is 2.32 bits per heavy atom. The van der Waals surface area contributed by atoms with Crippen molar-refractivity contribution in [3.05, 3.63) is 72.3 Å². The molecule has 0 spiro atoms. The van der Waals surface area contributed by atoms with Crippen LogP contribution in [0.5, 0.6) is 5.75 Å². The summed E-state index contributed by atoms with van der Waals surface area (Å²) in [5.41, 5.74) is 1.18. The van der Waals surface area contributed by atoms with Gasteiger partial charge in [0, 0.05) is 18.0 Å². The first-order chi connectivity index (χ1) is 17.5. The summed E-state index contributed by atoms with van der Waals surface area (Å²) in [5.74, 6) is -0.144. The molecule has 0 saturated carbocycles. The molecule has 0 aromatic heterocycles. The maximum Gasteiger partial charge on any atom is 0.244 e. The first-order valence-electron chi connectivity index (χ1n) is 12.2. The van der Waals surface area contributed by atoms with Crippen LogP contribution in [0.2, 0.25) is 0 Å². The second kappa shape index (κ2) is 12.1. The second-order valence-corrected chi connectivity index (χ2v) is 11.1. The molecule has 0 heterocycles. The van der Waals surface area contributed by atoms with E-state index >= 15 is 0 Å². The number of rotatable bonds is 11. The molecule has 198 valence electrons. The van der Waals surface area contributed by atoms with Crippen LogP contribution in [-0.4, -0.2) is 57.1 Å². The number of nitrogens with one attached hydrogen (secondary N) is 1. The number of nitrogens with zero attached hydrogens (tertiary/aromatic N) is 2. The maximum atomic E-state index is 13.9. The van der Waals surface area contributed by atoms with Gasteiger partial charge in [0.1, 0.15) is 18.3 Å². The number of fused-ring (bicyclic) bond motifs is 1. The topological polar surface area (TPSA) is 96.0 Å². The van der Waals surface area contributed by atoms with Gasteiger partial charge in [-0.3, -0.25) is 13.9 Å². The lowest BCUT2D eigenvalue weighted by Crippen LogP contribution is -2.53. The van der Waals surface area contributed by atoms with E-state index in [1.165, 1.54) is 4.90 Å². The van der Waals surface area contributed by atoms with Crippen LogP contribution in [0.3, 0.4) is 0 Å². The molecule has 0 fully saturated rings. The Labute approximate surface area is 219 Å². The summed E-state index contributed by atoms with van der Waals surface area (Å²) in [6.07, 6.45) is 1.44. The highest BCUT2D eigenvalue weighted by Gasteiger charge is 2.32. The van der Waals surface area contributed by atoms with E-state index in [1.54, 1.807) is 31.4 Å². The van der Waals surface area contributed by atoms with E-state index in [1.807, 2.05) is 63.2 Å². The van der Waals surface area contributed by atoms with Gasteiger partial charge in [-0.1, -0.05) is 55.5 Å².